The van der Waals surface area contributed by atoms with Gasteiger partial charge in [0.2, 0.25) is 0 Å². The van der Waals surface area contributed by atoms with Gasteiger partial charge in [-0.1, -0.05) is 6.07 Å². The monoisotopic (exact) mass is 417 g/mol. The van der Waals surface area contributed by atoms with Gasteiger partial charge in [-0.2, -0.15) is 18.3 Å². The van der Waals surface area contributed by atoms with Crippen LogP contribution in [-0.4, -0.2) is 33.1 Å². The van der Waals surface area contributed by atoms with Crippen molar-refractivity contribution < 1.29 is 18.0 Å². The number of amides is 1. The molecule has 0 aliphatic rings. The van der Waals surface area contributed by atoms with Crippen molar-refractivity contribution in [2.75, 3.05) is 0 Å². The van der Waals surface area contributed by atoms with E-state index in [1.165, 1.54) is 24.4 Å². The van der Waals surface area contributed by atoms with Gasteiger partial charge in [-0.05, 0) is 45.0 Å². The molecule has 0 saturated heterocycles. The van der Waals surface area contributed by atoms with Gasteiger partial charge in [0, 0.05) is 29.8 Å². The number of hydrogen-bond acceptors (Lipinski definition) is 4. The van der Waals surface area contributed by atoms with Crippen molar-refractivity contribution in [3.05, 3.63) is 59.0 Å². The first-order valence-electron chi connectivity index (χ1n) is 9.27. The van der Waals surface area contributed by atoms with Gasteiger partial charge < -0.3 is 10.7 Å². The molecule has 1 aromatic carbocycles. The van der Waals surface area contributed by atoms with E-state index in [2.05, 4.69) is 15.4 Å². The lowest BCUT2D eigenvalue weighted by atomic mass is 9.87. The quantitative estimate of drug-likeness (QED) is 0.607. The van der Waals surface area contributed by atoms with Crippen LogP contribution in [0.25, 0.3) is 10.9 Å². The molecule has 0 radical (unpaired) electrons. The minimum atomic E-state index is -4.43. The molecule has 30 heavy (non-hydrogen) atoms. The number of alkyl halides is 3. The molecule has 2 aromatic heterocycles. The number of benzene rings is 1. The molecule has 0 unspecified atom stereocenters. The van der Waals surface area contributed by atoms with Crippen molar-refractivity contribution >= 4 is 23.0 Å². The van der Waals surface area contributed by atoms with Gasteiger partial charge in [0.25, 0.3) is 5.91 Å². The Bertz CT molecular complexity index is 1120. The molecular weight excluding hydrogens is 395 g/mol. The highest BCUT2D eigenvalue weighted by molar-refractivity contribution is 5.98. The number of carbonyl (C=O) groups is 1. The zero-order valence-corrected chi connectivity index (χ0v) is 17.0. The Hall–Kier alpha value is -3.23. The van der Waals surface area contributed by atoms with E-state index in [4.69, 9.17) is 5.41 Å². The third-order valence-corrected chi connectivity index (χ3v) is 5.27. The number of fused-ring (bicyclic) bond motifs is 1. The van der Waals surface area contributed by atoms with E-state index >= 15 is 0 Å². The largest absolute Gasteiger partial charge is 0.399 e. The van der Waals surface area contributed by atoms with Crippen molar-refractivity contribution in [3.63, 3.8) is 0 Å². The van der Waals surface area contributed by atoms with E-state index in [1.807, 2.05) is 0 Å². The van der Waals surface area contributed by atoms with Crippen LogP contribution in [-0.2, 0) is 12.5 Å². The molecule has 6 nitrogen and oxygen atoms in total. The minimum Gasteiger partial charge on any atom is -0.345 e. The smallest absolute Gasteiger partial charge is 0.345 e. The second-order valence-electron chi connectivity index (χ2n) is 7.67. The average Bonchev–Trinajstić information content (AvgIpc) is 3.06. The number of aryl methyl sites for hydroxylation is 1. The van der Waals surface area contributed by atoms with Crippen LogP contribution >= 0.6 is 0 Å². The van der Waals surface area contributed by atoms with Crippen LogP contribution in [0.3, 0.4) is 0 Å². The predicted molar refractivity (Wildman–Crippen MR) is 108 cm³/mol. The zero-order valence-electron chi connectivity index (χ0n) is 17.0. The van der Waals surface area contributed by atoms with Crippen molar-refractivity contribution in [1.29, 1.82) is 5.41 Å². The molecule has 9 heteroatoms. The standard InChI is InChI=1S/C21H22F3N5O/c1-12(15-11-26-29(4)17(15)10-25)27-19(30)14-5-7-16-13(9-14)6-8-18(28-16)20(2,3)21(22,23)24/h5-12,25H,1-4H3,(H,27,30)/t12-/m1/s1. The van der Waals surface area contributed by atoms with Crippen molar-refractivity contribution in [1.82, 2.24) is 20.1 Å². The number of nitrogens with one attached hydrogen (secondary N) is 2. The first-order chi connectivity index (χ1) is 14.0. The molecule has 1 atom stereocenters. The van der Waals surface area contributed by atoms with E-state index in [9.17, 15) is 18.0 Å². The maximum Gasteiger partial charge on any atom is 0.399 e. The van der Waals surface area contributed by atoms with Crippen LogP contribution in [0.1, 0.15) is 54.1 Å². The Morgan fingerprint density at radius 2 is 1.93 bits per heavy atom. The Labute approximate surface area is 171 Å². The van der Waals surface area contributed by atoms with Crippen LogP contribution in [0.2, 0.25) is 0 Å². The molecule has 0 spiro atoms. The van der Waals surface area contributed by atoms with E-state index in [1.54, 1.807) is 37.0 Å². The highest BCUT2D eigenvalue weighted by Crippen LogP contribution is 2.39. The third kappa shape index (κ3) is 3.79. The summed E-state index contributed by atoms with van der Waals surface area (Å²) in [5, 5.41) is 15.0. The van der Waals surface area contributed by atoms with Crippen LogP contribution in [0.15, 0.2) is 36.5 Å². The Kier molecular flexibility index (Phi) is 5.40. The van der Waals surface area contributed by atoms with Gasteiger partial charge in [0.05, 0.1) is 29.1 Å². The topological polar surface area (TPSA) is 83.7 Å². The molecular formula is C21H22F3N5O. The number of nitrogens with zero attached hydrogens (tertiary/aromatic N) is 3. The molecule has 2 heterocycles. The first kappa shape index (κ1) is 21.5. The Morgan fingerprint density at radius 1 is 1.23 bits per heavy atom. The van der Waals surface area contributed by atoms with E-state index in [0.29, 0.717) is 27.7 Å². The summed E-state index contributed by atoms with van der Waals surface area (Å²) >= 11 is 0. The SMILES string of the molecule is C[C@@H](NC(=O)c1ccc2nc(C(C)(C)C(F)(F)F)ccc2c1)c1cnn(C)c1C=N. The molecule has 158 valence electrons. The lowest BCUT2D eigenvalue weighted by Gasteiger charge is -2.27. The Balaban J connectivity index is 1.85. The molecule has 3 aromatic rings. The maximum atomic E-state index is 13.3. The summed E-state index contributed by atoms with van der Waals surface area (Å²) in [4.78, 5) is 16.8. The Morgan fingerprint density at radius 3 is 2.57 bits per heavy atom. The molecule has 0 saturated carbocycles. The van der Waals surface area contributed by atoms with Crippen LogP contribution in [0.4, 0.5) is 13.2 Å². The van der Waals surface area contributed by atoms with Gasteiger partial charge in [0.1, 0.15) is 5.41 Å². The molecule has 0 bridgehead atoms. The molecule has 0 fully saturated rings. The molecule has 2 N–H and O–H groups in total. The molecule has 3 rings (SSSR count). The van der Waals surface area contributed by atoms with Crippen LogP contribution in [0, 0.1) is 5.41 Å². The summed E-state index contributed by atoms with van der Waals surface area (Å²) in [6, 6.07) is 7.16. The summed E-state index contributed by atoms with van der Waals surface area (Å²) in [6.07, 6.45) is -1.66. The summed E-state index contributed by atoms with van der Waals surface area (Å²) in [5.74, 6) is -0.344. The normalized spacial score (nSPS) is 13.3. The fourth-order valence-electron chi connectivity index (χ4n) is 3.09. The zero-order chi connectivity index (χ0) is 22.3. The van der Waals surface area contributed by atoms with Gasteiger partial charge in [-0.3, -0.25) is 14.5 Å². The molecule has 0 aliphatic heterocycles. The lowest BCUT2D eigenvalue weighted by molar-refractivity contribution is -0.181. The number of rotatable bonds is 5. The summed E-state index contributed by atoms with van der Waals surface area (Å²) in [7, 11) is 1.71. The lowest BCUT2D eigenvalue weighted by Crippen LogP contribution is -2.37. The van der Waals surface area contributed by atoms with E-state index in [0.717, 1.165) is 13.8 Å². The van der Waals surface area contributed by atoms with Crippen molar-refractivity contribution in [3.8, 4) is 0 Å². The maximum absolute atomic E-state index is 13.3. The summed E-state index contributed by atoms with van der Waals surface area (Å²) in [6.45, 7) is 3.97. The highest BCUT2D eigenvalue weighted by atomic mass is 19.4. The predicted octanol–water partition coefficient (Wildman–Crippen LogP) is 4.30. The fourth-order valence-corrected chi connectivity index (χ4v) is 3.09. The van der Waals surface area contributed by atoms with Crippen molar-refractivity contribution in [2.24, 2.45) is 7.05 Å². The van der Waals surface area contributed by atoms with E-state index in [-0.39, 0.29) is 17.6 Å². The average molecular weight is 417 g/mol. The highest BCUT2D eigenvalue weighted by Gasteiger charge is 2.49. The second-order valence-corrected chi connectivity index (χ2v) is 7.67. The number of carbonyl (C=O) groups excluding carboxylic acids is 1. The van der Waals surface area contributed by atoms with Gasteiger partial charge in [0.15, 0.2) is 0 Å². The minimum absolute atomic E-state index is 0.0796. The summed E-state index contributed by atoms with van der Waals surface area (Å²) in [5.41, 5.74) is -0.119. The van der Waals surface area contributed by atoms with Crippen LogP contribution < -0.4 is 5.32 Å². The first-order valence-corrected chi connectivity index (χ1v) is 9.27. The van der Waals surface area contributed by atoms with Crippen LogP contribution in [0.5, 0.6) is 0 Å². The molecule has 0 aliphatic carbocycles. The number of aromatic nitrogens is 3. The van der Waals surface area contributed by atoms with Crippen molar-refractivity contribution in [2.45, 2.75) is 38.4 Å². The number of pyridine rings is 1. The van der Waals surface area contributed by atoms with E-state index < -0.39 is 11.6 Å². The molecule has 1 amide bonds. The van der Waals surface area contributed by atoms with Gasteiger partial charge in [-0.25, -0.2) is 0 Å². The summed E-state index contributed by atoms with van der Waals surface area (Å²) < 4.78 is 41.4. The third-order valence-electron chi connectivity index (χ3n) is 5.27. The fraction of sp³-hybridized carbons (Fsp3) is 0.333. The van der Waals surface area contributed by atoms with Gasteiger partial charge >= 0.3 is 6.18 Å². The second kappa shape index (κ2) is 7.55. The number of halogens is 3. The van der Waals surface area contributed by atoms with Gasteiger partial charge in [-0.15, -0.1) is 0 Å². The number of hydrogen-bond donors (Lipinski definition) is 2.